The van der Waals surface area contributed by atoms with Crippen molar-refractivity contribution in [2.24, 2.45) is 4.99 Å². The molecule has 148 valence electrons. The molecule has 4 rings (SSSR count). The Hall–Kier alpha value is -1.49. The molecule has 0 fully saturated rings. The molecule has 0 N–H and O–H groups in total. The number of hydrogen-bond acceptors (Lipinski definition) is 3. The van der Waals surface area contributed by atoms with Gasteiger partial charge in [0.15, 0.2) is 0 Å². The maximum absolute atomic E-state index is 5.26. The summed E-state index contributed by atoms with van der Waals surface area (Å²) in [4.78, 5) is 5.26. The van der Waals surface area contributed by atoms with Crippen molar-refractivity contribution >= 4 is 50.2 Å². The number of thioether (sulfide) groups is 2. The topological polar surface area (TPSA) is 12.4 Å². The predicted molar refractivity (Wildman–Crippen MR) is 134 cm³/mol. The average molecular weight is 483 g/mol. The summed E-state index contributed by atoms with van der Waals surface area (Å²) < 4.78 is 1.11. The molecule has 3 aromatic carbocycles. The minimum atomic E-state index is -0.308. The Morgan fingerprint density at radius 3 is 2.03 bits per heavy atom. The molecular weight excluding hydrogens is 458 g/mol. The van der Waals surface area contributed by atoms with E-state index in [2.05, 4.69) is 109 Å². The van der Waals surface area contributed by atoms with Crippen molar-refractivity contribution in [2.75, 3.05) is 11.5 Å². The monoisotopic (exact) mass is 481 g/mol. The minimum Gasteiger partial charge on any atom is -0.245 e. The third-order valence-electron chi connectivity index (χ3n) is 5.30. The van der Waals surface area contributed by atoms with Crippen molar-refractivity contribution in [1.82, 2.24) is 0 Å². The Bertz CT molecular complexity index is 962. The van der Waals surface area contributed by atoms with Gasteiger partial charge in [-0.25, -0.2) is 4.99 Å². The van der Waals surface area contributed by atoms with Crippen LogP contribution in [0.5, 0.6) is 0 Å². The molecule has 1 nitrogen and oxygen atoms in total. The van der Waals surface area contributed by atoms with Crippen LogP contribution < -0.4 is 0 Å². The van der Waals surface area contributed by atoms with E-state index >= 15 is 0 Å². The molecule has 0 radical (unpaired) electrons. The lowest BCUT2D eigenvalue weighted by atomic mass is 9.69. The molecule has 0 amide bonds. The third-order valence-corrected chi connectivity index (χ3v) is 8.04. The van der Waals surface area contributed by atoms with Crippen LogP contribution in [0.15, 0.2) is 88.3 Å². The lowest BCUT2D eigenvalue weighted by molar-refractivity contribution is 0.664. The van der Waals surface area contributed by atoms with Gasteiger partial charge < -0.3 is 0 Å². The van der Waals surface area contributed by atoms with Crippen LogP contribution in [0.4, 0.5) is 5.69 Å². The van der Waals surface area contributed by atoms with Crippen molar-refractivity contribution in [2.45, 2.75) is 24.5 Å². The Morgan fingerprint density at radius 1 is 0.862 bits per heavy atom. The van der Waals surface area contributed by atoms with Crippen molar-refractivity contribution in [3.63, 3.8) is 0 Å². The van der Waals surface area contributed by atoms with E-state index in [9.17, 15) is 0 Å². The fraction of sp³-hybridized carbons (Fsp3) is 0.240. The molecular formula is C25H24BrNS2. The van der Waals surface area contributed by atoms with Gasteiger partial charge in [-0.3, -0.25) is 0 Å². The molecule has 3 aromatic rings. The first-order chi connectivity index (χ1) is 14.2. The molecule has 1 aliphatic rings. The molecule has 0 bridgehead atoms. The second kappa shape index (κ2) is 9.11. The number of rotatable bonds is 5. The molecule has 0 saturated carbocycles. The first-order valence-corrected chi connectivity index (χ1v) is 12.8. The number of aliphatic imine (C=N–C) groups is 1. The summed E-state index contributed by atoms with van der Waals surface area (Å²) in [5.74, 6) is 2.04. The van der Waals surface area contributed by atoms with Crippen LogP contribution in [0.3, 0.4) is 0 Å². The highest BCUT2D eigenvalue weighted by atomic mass is 79.9. The minimum absolute atomic E-state index is 0.247. The van der Waals surface area contributed by atoms with Gasteiger partial charge in [-0.2, -0.15) is 11.8 Å². The van der Waals surface area contributed by atoms with Crippen LogP contribution in [-0.4, -0.2) is 16.5 Å². The van der Waals surface area contributed by atoms with Gasteiger partial charge in [0.25, 0.3) is 0 Å². The summed E-state index contributed by atoms with van der Waals surface area (Å²) in [7, 11) is 0. The van der Waals surface area contributed by atoms with Gasteiger partial charge in [0.05, 0.1) is 21.4 Å². The predicted octanol–water partition coefficient (Wildman–Crippen LogP) is 8.03. The Morgan fingerprint density at radius 2 is 1.48 bits per heavy atom. The van der Waals surface area contributed by atoms with Gasteiger partial charge in [0, 0.05) is 4.47 Å². The lowest BCUT2D eigenvalue weighted by Crippen LogP contribution is -2.42. The Kier molecular flexibility index (Phi) is 6.53. The summed E-state index contributed by atoms with van der Waals surface area (Å²) in [5.41, 5.74) is 4.71. The molecule has 0 aliphatic carbocycles. The van der Waals surface area contributed by atoms with E-state index in [1.54, 1.807) is 0 Å². The number of benzene rings is 3. The van der Waals surface area contributed by atoms with Crippen LogP contribution in [0.25, 0.3) is 0 Å². The van der Waals surface area contributed by atoms with E-state index in [-0.39, 0.29) is 10.7 Å². The average Bonchev–Trinajstić information content (AvgIpc) is 2.76. The van der Waals surface area contributed by atoms with E-state index in [0.29, 0.717) is 0 Å². The van der Waals surface area contributed by atoms with Crippen LogP contribution >= 0.6 is 39.5 Å². The van der Waals surface area contributed by atoms with E-state index in [4.69, 9.17) is 4.99 Å². The van der Waals surface area contributed by atoms with E-state index in [1.807, 2.05) is 23.5 Å². The maximum atomic E-state index is 5.26. The fourth-order valence-corrected chi connectivity index (χ4v) is 6.97. The number of fused-ring (bicyclic) bond motifs is 1. The Balaban J connectivity index is 2.10. The zero-order valence-corrected chi connectivity index (χ0v) is 19.9. The third kappa shape index (κ3) is 3.71. The SMILES string of the molecule is CCSC1=Nc2ccc(Br)cc2C(SCC)C1(c1ccccc1)c1ccccc1. The maximum Gasteiger partial charge on any atom is 0.0903 e. The van der Waals surface area contributed by atoms with Crippen LogP contribution in [0.1, 0.15) is 35.8 Å². The van der Waals surface area contributed by atoms with Crippen molar-refractivity contribution < 1.29 is 0 Å². The smallest absolute Gasteiger partial charge is 0.0903 e. The highest BCUT2D eigenvalue weighted by Crippen LogP contribution is 2.58. The van der Waals surface area contributed by atoms with E-state index in [1.165, 1.54) is 21.7 Å². The highest BCUT2D eigenvalue weighted by Gasteiger charge is 2.50. The zero-order valence-electron chi connectivity index (χ0n) is 16.6. The summed E-state index contributed by atoms with van der Waals surface area (Å²) in [6, 6.07) is 28.4. The summed E-state index contributed by atoms with van der Waals surface area (Å²) in [5, 5.41) is 1.44. The van der Waals surface area contributed by atoms with Gasteiger partial charge >= 0.3 is 0 Å². The van der Waals surface area contributed by atoms with Gasteiger partial charge in [-0.05, 0) is 46.4 Å². The molecule has 0 spiro atoms. The number of hydrogen-bond donors (Lipinski definition) is 0. The first-order valence-electron chi connectivity index (χ1n) is 9.95. The van der Waals surface area contributed by atoms with Crippen LogP contribution in [0.2, 0.25) is 0 Å². The number of nitrogens with zero attached hydrogens (tertiary/aromatic N) is 1. The summed E-state index contributed by atoms with van der Waals surface area (Å²) in [6.45, 7) is 4.47. The van der Waals surface area contributed by atoms with Gasteiger partial charge in [0.1, 0.15) is 0 Å². The molecule has 1 unspecified atom stereocenters. The highest BCUT2D eigenvalue weighted by molar-refractivity contribution is 9.10. The van der Waals surface area contributed by atoms with Crippen molar-refractivity contribution in [3.8, 4) is 0 Å². The zero-order chi connectivity index (χ0) is 20.3. The summed E-state index contributed by atoms with van der Waals surface area (Å²) in [6.07, 6.45) is 0. The molecule has 1 atom stereocenters. The second-order valence-corrected chi connectivity index (χ2v) is 10.5. The normalized spacial score (nSPS) is 17.5. The largest absolute Gasteiger partial charge is 0.245 e. The van der Waals surface area contributed by atoms with Crippen LogP contribution in [0, 0.1) is 0 Å². The van der Waals surface area contributed by atoms with Crippen molar-refractivity contribution in [3.05, 3.63) is 100 Å². The molecule has 1 aliphatic heterocycles. The second-order valence-electron chi connectivity index (χ2n) is 6.93. The molecule has 0 saturated heterocycles. The van der Waals surface area contributed by atoms with Crippen LogP contribution in [-0.2, 0) is 5.41 Å². The molecule has 4 heteroatoms. The fourth-order valence-electron chi connectivity index (χ4n) is 4.16. The summed E-state index contributed by atoms with van der Waals surface area (Å²) >= 11 is 7.59. The van der Waals surface area contributed by atoms with E-state index in [0.717, 1.165) is 21.7 Å². The standard InChI is InChI=1S/C25H24BrNS2/c1-3-28-23-21-17-20(26)15-16-22(21)27-24(29-4-2)25(23,18-11-7-5-8-12-18)19-13-9-6-10-14-19/h5-17,23H,3-4H2,1-2H3. The quantitative estimate of drug-likeness (QED) is 0.365. The molecule has 0 aromatic heterocycles. The first kappa shape index (κ1) is 20.8. The van der Waals surface area contributed by atoms with E-state index < -0.39 is 0 Å². The number of halogens is 1. The van der Waals surface area contributed by atoms with Crippen molar-refractivity contribution in [1.29, 1.82) is 0 Å². The van der Waals surface area contributed by atoms with Gasteiger partial charge in [-0.15, -0.1) is 11.8 Å². The Labute approximate surface area is 190 Å². The molecule has 29 heavy (non-hydrogen) atoms. The van der Waals surface area contributed by atoms with Gasteiger partial charge in [0.2, 0.25) is 0 Å². The lowest BCUT2D eigenvalue weighted by Gasteiger charge is -2.45. The van der Waals surface area contributed by atoms with Gasteiger partial charge in [-0.1, -0.05) is 90.4 Å². The molecule has 1 heterocycles.